The lowest BCUT2D eigenvalue weighted by atomic mass is 10.1. The van der Waals surface area contributed by atoms with E-state index in [9.17, 15) is 4.79 Å². The molecule has 1 saturated heterocycles. The smallest absolute Gasteiger partial charge is 0.263 e. The van der Waals surface area contributed by atoms with Gasteiger partial charge in [-0.1, -0.05) is 0 Å². The molecule has 116 valence electrons. The Morgan fingerprint density at radius 3 is 2.52 bits per heavy atom. The predicted octanol–water partition coefficient (Wildman–Crippen LogP) is 1.66. The van der Waals surface area contributed by atoms with Gasteiger partial charge in [-0.25, -0.2) is 0 Å². The van der Waals surface area contributed by atoms with Crippen molar-refractivity contribution in [2.24, 2.45) is 11.7 Å². The fourth-order valence-corrected chi connectivity index (χ4v) is 2.76. The van der Waals surface area contributed by atoms with Crippen molar-refractivity contribution >= 4 is 5.91 Å². The first-order valence-electron chi connectivity index (χ1n) is 7.36. The number of hydrogen-bond donors (Lipinski definition) is 1. The molecule has 0 spiro atoms. The van der Waals surface area contributed by atoms with Gasteiger partial charge in [0.25, 0.3) is 5.91 Å². The first kappa shape index (κ1) is 15.6. The predicted molar refractivity (Wildman–Crippen MR) is 81.4 cm³/mol. The van der Waals surface area contributed by atoms with Gasteiger partial charge < -0.3 is 20.1 Å². The van der Waals surface area contributed by atoms with Crippen LogP contribution in [-0.4, -0.2) is 43.2 Å². The van der Waals surface area contributed by atoms with E-state index in [0.29, 0.717) is 18.2 Å². The van der Waals surface area contributed by atoms with Crippen molar-refractivity contribution in [2.75, 3.05) is 20.2 Å². The molecule has 2 rings (SSSR count). The van der Waals surface area contributed by atoms with Gasteiger partial charge in [-0.2, -0.15) is 0 Å². The maximum absolute atomic E-state index is 12.5. The van der Waals surface area contributed by atoms with Crippen molar-refractivity contribution < 1.29 is 14.3 Å². The van der Waals surface area contributed by atoms with E-state index >= 15 is 0 Å². The highest BCUT2D eigenvalue weighted by atomic mass is 16.5. The minimum absolute atomic E-state index is 0.0225. The molecule has 3 unspecified atom stereocenters. The molecule has 0 aromatic heterocycles. The first-order valence-corrected chi connectivity index (χ1v) is 7.36. The van der Waals surface area contributed by atoms with E-state index in [2.05, 4.69) is 6.92 Å². The highest BCUT2D eigenvalue weighted by molar-refractivity contribution is 5.81. The van der Waals surface area contributed by atoms with Crippen molar-refractivity contribution in [1.29, 1.82) is 0 Å². The van der Waals surface area contributed by atoms with Crippen LogP contribution in [0.4, 0.5) is 0 Å². The summed E-state index contributed by atoms with van der Waals surface area (Å²) in [6.45, 7) is 5.21. The first-order chi connectivity index (χ1) is 10.0. The Kier molecular flexibility index (Phi) is 5.07. The van der Waals surface area contributed by atoms with Gasteiger partial charge in [0, 0.05) is 12.6 Å². The quantitative estimate of drug-likeness (QED) is 0.896. The summed E-state index contributed by atoms with van der Waals surface area (Å²) in [7, 11) is 1.62. The van der Waals surface area contributed by atoms with Crippen molar-refractivity contribution in [3.05, 3.63) is 24.3 Å². The van der Waals surface area contributed by atoms with Crippen molar-refractivity contribution in [3.63, 3.8) is 0 Å². The standard InChI is InChI=1S/C16H24N2O3/c1-11-8-13(9-17)10-18(11)16(19)12(2)21-15-6-4-14(20-3)5-7-15/h4-7,11-13H,8-10,17H2,1-3H3. The third-order valence-corrected chi connectivity index (χ3v) is 4.00. The highest BCUT2D eigenvalue weighted by Crippen LogP contribution is 2.24. The number of hydrogen-bond acceptors (Lipinski definition) is 4. The van der Waals surface area contributed by atoms with Crippen LogP contribution in [0, 0.1) is 5.92 Å². The van der Waals surface area contributed by atoms with E-state index in [1.807, 2.05) is 17.0 Å². The molecule has 1 aliphatic rings. The maximum Gasteiger partial charge on any atom is 0.263 e. The zero-order valence-electron chi connectivity index (χ0n) is 12.9. The number of benzene rings is 1. The van der Waals surface area contributed by atoms with Gasteiger partial charge in [-0.3, -0.25) is 4.79 Å². The summed E-state index contributed by atoms with van der Waals surface area (Å²) < 4.78 is 10.8. The Balaban J connectivity index is 1.95. The number of nitrogens with two attached hydrogens (primary N) is 1. The molecular formula is C16H24N2O3. The van der Waals surface area contributed by atoms with Gasteiger partial charge >= 0.3 is 0 Å². The Morgan fingerprint density at radius 2 is 2.00 bits per heavy atom. The number of carbonyl (C=O) groups excluding carboxylic acids is 1. The summed E-state index contributed by atoms with van der Waals surface area (Å²) in [6, 6.07) is 7.47. The molecule has 1 heterocycles. The molecule has 5 heteroatoms. The second-order valence-electron chi connectivity index (χ2n) is 5.61. The third kappa shape index (κ3) is 3.67. The second-order valence-corrected chi connectivity index (χ2v) is 5.61. The molecule has 0 bridgehead atoms. The van der Waals surface area contributed by atoms with Gasteiger partial charge in [0.05, 0.1) is 7.11 Å². The van der Waals surface area contributed by atoms with Gasteiger partial charge in [0.15, 0.2) is 6.10 Å². The van der Waals surface area contributed by atoms with Gasteiger partial charge in [0.2, 0.25) is 0 Å². The zero-order chi connectivity index (χ0) is 15.4. The van der Waals surface area contributed by atoms with Crippen LogP contribution in [0.15, 0.2) is 24.3 Å². The fraction of sp³-hybridized carbons (Fsp3) is 0.562. The summed E-state index contributed by atoms with van der Waals surface area (Å²) >= 11 is 0. The van der Waals surface area contributed by atoms with E-state index in [1.165, 1.54) is 0 Å². The largest absolute Gasteiger partial charge is 0.497 e. The Hall–Kier alpha value is -1.75. The number of amides is 1. The SMILES string of the molecule is COc1ccc(OC(C)C(=O)N2CC(CN)CC2C)cc1. The Bertz CT molecular complexity index is 475. The summed E-state index contributed by atoms with van der Waals surface area (Å²) in [5.41, 5.74) is 5.70. The van der Waals surface area contributed by atoms with Gasteiger partial charge in [0.1, 0.15) is 11.5 Å². The lowest BCUT2D eigenvalue weighted by Crippen LogP contribution is -2.42. The number of likely N-dealkylation sites (tertiary alicyclic amines) is 1. The number of methoxy groups -OCH3 is 1. The molecular weight excluding hydrogens is 268 g/mol. The minimum atomic E-state index is -0.502. The molecule has 0 saturated carbocycles. The van der Waals surface area contributed by atoms with Crippen LogP contribution in [0.2, 0.25) is 0 Å². The fourth-order valence-electron chi connectivity index (χ4n) is 2.76. The second kappa shape index (κ2) is 6.80. The average Bonchev–Trinajstić information content (AvgIpc) is 2.88. The van der Waals surface area contributed by atoms with Crippen molar-refractivity contribution in [2.45, 2.75) is 32.4 Å². The summed E-state index contributed by atoms with van der Waals surface area (Å²) in [6.07, 6.45) is 0.467. The van der Waals surface area contributed by atoms with Gasteiger partial charge in [-0.05, 0) is 57.0 Å². The van der Waals surface area contributed by atoms with E-state index in [1.54, 1.807) is 26.2 Å². The molecule has 1 amide bonds. The van der Waals surface area contributed by atoms with Crippen LogP contribution in [0.1, 0.15) is 20.3 Å². The number of nitrogens with zero attached hydrogens (tertiary/aromatic N) is 1. The summed E-state index contributed by atoms with van der Waals surface area (Å²) in [4.78, 5) is 14.4. The van der Waals surface area contributed by atoms with E-state index in [-0.39, 0.29) is 11.9 Å². The van der Waals surface area contributed by atoms with Crippen LogP contribution >= 0.6 is 0 Å². The topological polar surface area (TPSA) is 64.8 Å². The number of carbonyl (C=O) groups is 1. The highest BCUT2D eigenvalue weighted by Gasteiger charge is 2.34. The van der Waals surface area contributed by atoms with Crippen LogP contribution in [-0.2, 0) is 4.79 Å². The van der Waals surface area contributed by atoms with E-state index in [4.69, 9.17) is 15.2 Å². The molecule has 5 nitrogen and oxygen atoms in total. The lowest BCUT2D eigenvalue weighted by molar-refractivity contribution is -0.138. The van der Waals surface area contributed by atoms with Crippen LogP contribution in [0.5, 0.6) is 11.5 Å². The minimum Gasteiger partial charge on any atom is -0.497 e. The monoisotopic (exact) mass is 292 g/mol. The molecule has 2 N–H and O–H groups in total. The molecule has 1 aromatic rings. The van der Waals surface area contributed by atoms with E-state index in [0.717, 1.165) is 18.7 Å². The molecule has 21 heavy (non-hydrogen) atoms. The average molecular weight is 292 g/mol. The molecule has 3 atom stereocenters. The third-order valence-electron chi connectivity index (χ3n) is 4.00. The summed E-state index contributed by atoms with van der Waals surface area (Å²) in [5.74, 6) is 1.85. The molecule has 1 aliphatic heterocycles. The molecule has 1 aromatic carbocycles. The summed E-state index contributed by atoms with van der Waals surface area (Å²) in [5, 5.41) is 0. The molecule has 1 fully saturated rings. The Labute approximate surface area is 126 Å². The zero-order valence-corrected chi connectivity index (χ0v) is 12.9. The Morgan fingerprint density at radius 1 is 1.38 bits per heavy atom. The lowest BCUT2D eigenvalue weighted by Gasteiger charge is -2.25. The van der Waals surface area contributed by atoms with Crippen LogP contribution in [0.3, 0.4) is 0 Å². The molecule has 0 radical (unpaired) electrons. The van der Waals surface area contributed by atoms with Crippen molar-refractivity contribution in [3.8, 4) is 11.5 Å². The number of ether oxygens (including phenoxy) is 2. The van der Waals surface area contributed by atoms with E-state index < -0.39 is 6.10 Å². The van der Waals surface area contributed by atoms with Crippen LogP contribution < -0.4 is 15.2 Å². The van der Waals surface area contributed by atoms with Gasteiger partial charge in [-0.15, -0.1) is 0 Å². The van der Waals surface area contributed by atoms with Crippen molar-refractivity contribution in [1.82, 2.24) is 4.90 Å². The maximum atomic E-state index is 12.5. The van der Waals surface area contributed by atoms with Crippen LogP contribution in [0.25, 0.3) is 0 Å². The normalized spacial score (nSPS) is 23.0. The number of rotatable bonds is 5. The molecule has 0 aliphatic carbocycles.